The first kappa shape index (κ1) is 13.8. The smallest absolute Gasteiger partial charge is 0.257 e. The average molecular weight is 287 g/mol. The molecule has 0 aromatic carbocycles. The second kappa shape index (κ2) is 5.31. The summed E-state index contributed by atoms with van der Waals surface area (Å²) >= 11 is 0. The SMILES string of the molecule is CC1(C)CCCN(c2nc(N)nc(-n3cccn3)n2)CC1. The fourth-order valence-corrected chi connectivity index (χ4v) is 2.62. The molecule has 7 nitrogen and oxygen atoms in total. The van der Waals surface area contributed by atoms with E-state index in [2.05, 4.69) is 38.8 Å². The molecule has 1 saturated heterocycles. The van der Waals surface area contributed by atoms with Gasteiger partial charge in [0.2, 0.25) is 11.9 Å². The van der Waals surface area contributed by atoms with Crippen LogP contribution in [0.2, 0.25) is 0 Å². The second-order valence-electron chi connectivity index (χ2n) is 6.25. The molecule has 2 aromatic heterocycles. The molecule has 0 saturated carbocycles. The molecule has 0 spiro atoms. The summed E-state index contributed by atoms with van der Waals surface area (Å²) in [4.78, 5) is 15.2. The summed E-state index contributed by atoms with van der Waals surface area (Å²) in [6.45, 7) is 6.52. The maximum absolute atomic E-state index is 5.83. The van der Waals surface area contributed by atoms with Gasteiger partial charge in [0.15, 0.2) is 0 Å². The number of aromatic nitrogens is 5. The summed E-state index contributed by atoms with van der Waals surface area (Å²) in [5, 5.41) is 4.15. The number of nitrogens with zero attached hydrogens (tertiary/aromatic N) is 6. The fourth-order valence-electron chi connectivity index (χ4n) is 2.62. The Morgan fingerprint density at radius 2 is 1.90 bits per heavy atom. The van der Waals surface area contributed by atoms with Crippen LogP contribution in [-0.4, -0.2) is 37.8 Å². The monoisotopic (exact) mass is 287 g/mol. The van der Waals surface area contributed by atoms with Gasteiger partial charge < -0.3 is 10.6 Å². The summed E-state index contributed by atoms with van der Waals surface area (Å²) < 4.78 is 1.60. The van der Waals surface area contributed by atoms with Crippen molar-refractivity contribution in [3.63, 3.8) is 0 Å². The normalized spacial score (nSPS) is 18.5. The molecule has 0 aliphatic carbocycles. The van der Waals surface area contributed by atoms with E-state index in [0.29, 0.717) is 17.3 Å². The lowest BCUT2D eigenvalue weighted by Gasteiger charge is -2.23. The van der Waals surface area contributed by atoms with E-state index in [1.54, 1.807) is 17.1 Å². The van der Waals surface area contributed by atoms with E-state index < -0.39 is 0 Å². The standard InChI is InChI=1S/C14H21N7/c1-14(2)5-3-8-20(10-6-14)12-17-11(15)18-13(19-12)21-9-4-7-16-21/h4,7,9H,3,5-6,8,10H2,1-2H3,(H2,15,17,18,19). The van der Waals surface area contributed by atoms with E-state index >= 15 is 0 Å². The van der Waals surface area contributed by atoms with Crippen LogP contribution in [0.15, 0.2) is 18.5 Å². The fraction of sp³-hybridized carbons (Fsp3) is 0.571. The van der Waals surface area contributed by atoms with Crippen molar-refractivity contribution in [3.05, 3.63) is 18.5 Å². The molecule has 0 bridgehead atoms. The average Bonchev–Trinajstić information content (AvgIpc) is 2.89. The number of nitrogen functional groups attached to an aromatic ring is 1. The Hall–Kier alpha value is -2.18. The molecule has 2 N–H and O–H groups in total. The van der Waals surface area contributed by atoms with Gasteiger partial charge in [-0.25, -0.2) is 4.68 Å². The maximum atomic E-state index is 5.83. The maximum Gasteiger partial charge on any atom is 0.257 e. The predicted molar refractivity (Wildman–Crippen MR) is 81.2 cm³/mol. The first-order chi connectivity index (χ1) is 10.0. The number of rotatable bonds is 2. The Morgan fingerprint density at radius 1 is 1.10 bits per heavy atom. The lowest BCUT2D eigenvalue weighted by molar-refractivity contribution is 0.325. The van der Waals surface area contributed by atoms with E-state index in [1.807, 2.05) is 6.07 Å². The number of hydrogen-bond acceptors (Lipinski definition) is 6. The van der Waals surface area contributed by atoms with E-state index in [1.165, 1.54) is 6.42 Å². The molecular formula is C14H21N7. The highest BCUT2D eigenvalue weighted by Crippen LogP contribution is 2.30. The van der Waals surface area contributed by atoms with Crippen molar-refractivity contribution in [2.24, 2.45) is 5.41 Å². The molecule has 0 atom stereocenters. The van der Waals surface area contributed by atoms with E-state index in [0.717, 1.165) is 25.9 Å². The molecule has 7 heteroatoms. The van der Waals surface area contributed by atoms with Crippen molar-refractivity contribution in [2.75, 3.05) is 23.7 Å². The van der Waals surface area contributed by atoms with E-state index in [4.69, 9.17) is 5.73 Å². The highest BCUT2D eigenvalue weighted by molar-refractivity contribution is 5.37. The van der Waals surface area contributed by atoms with E-state index in [9.17, 15) is 0 Å². The van der Waals surface area contributed by atoms with Gasteiger partial charge in [-0.3, -0.25) is 0 Å². The van der Waals surface area contributed by atoms with Crippen molar-refractivity contribution in [1.82, 2.24) is 24.7 Å². The Bertz CT molecular complexity index is 606. The molecule has 3 rings (SSSR count). The van der Waals surface area contributed by atoms with Gasteiger partial charge in [-0.2, -0.15) is 20.1 Å². The van der Waals surface area contributed by atoms with Gasteiger partial charge in [0.25, 0.3) is 5.95 Å². The highest BCUT2D eigenvalue weighted by Gasteiger charge is 2.24. The van der Waals surface area contributed by atoms with Crippen LogP contribution in [0.25, 0.3) is 5.95 Å². The first-order valence-corrected chi connectivity index (χ1v) is 7.30. The van der Waals surface area contributed by atoms with Crippen LogP contribution in [0.1, 0.15) is 33.1 Å². The molecule has 0 radical (unpaired) electrons. The minimum Gasteiger partial charge on any atom is -0.368 e. The largest absolute Gasteiger partial charge is 0.368 e. The Balaban J connectivity index is 1.88. The van der Waals surface area contributed by atoms with Gasteiger partial charge in [0, 0.05) is 25.5 Å². The molecule has 3 heterocycles. The molecule has 2 aromatic rings. The van der Waals surface area contributed by atoms with Crippen molar-refractivity contribution in [3.8, 4) is 5.95 Å². The zero-order valence-corrected chi connectivity index (χ0v) is 12.5. The van der Waals surface area contributed by atoms with Crippen LogP contribution >= 0.6 is 0 Å². The van der Waals surface area contributed by atoms with Crippen LogP contribution < -0.4 is 10.6 Å². The van der Waals surface area contributed by atoms with Gasteiger partial charge in [0.05, 0.1) is 0 Å². The molecular weight excluding hydrogens is 266 g/mol. The summed E-state index contributed by atoms with van der Waals surface area (Å²) in [6.07, 6.45) is 6.96. The number of nitrogens with two attached hydrogens (primary N) is 1. The van der Waals surface area contributed by atoms with Crippen LogP contribution in [0, 0.1) is 5.41 Å². The third-order valence-corrected chi connectivity index (χ3v) is 3.96. The van der Waals surface area contributed by atoms with Crippen LogP contribution in [0.3, 0.4) is 0 Å². The second-order valence-corrected chi connectivity index (χ2v) is 6.25. The lowest BCUT2D eigenvalue weighted by Crippen LogP contribution is -2.28. The summed E-state index contributed by atoms with van der Waals surface area (Å²) in [5.74, 6) is 1.34. The topological polar surface area (TPSA) is 85.8 Å². The van der Waals surface area contributed by atoms with Gasteiger partial charge >= 0.3 is 0 Å². The molecule has 1 fully saturated rings. The molecule has 112 valence electrons. The van der Waals surface area contributed by atoms with E-state index in [-0.39, 0.29) is 5.95 Å². The Morgan fingerprint density at radius 3 is 2.67 bits per heavy atom. The lowest BCUT2D eigenvalue weighted by atomic mass is 9.85. The number of anilines is 2. The van der Waals surface area contributed by atoms with Crippen LogP contribution in [0.5, 0.6) is 0 Å². The molecule has 0 amide bonds. The van der Waals surface area contributed by atoms with Crippen molar-refractivity contribution in [2.45, 2.75) is 33.1 Å². The van der Waals surface area contributed by atoms with Gasteiger partial charge in [-0.05, 0) is 30.7 Å². The third kappa shape index (κ3) is 3.12. The van der Waals surface area contributed by atoms with Crippen LogP contribution in [0.4, 0.5) is 11.9 Å². The molecule has 0 unspecified atom stereocenters. The zero-order valence-electron chi connectivity index (χ0n) is 12.5. The predicted octanol–water partition coefficient (Wildman–Crippen LogP) is 1.66. The molecule has 1 aliphatic heterocycles. The molecule has 21 heavy (non-hydrogen) atoms. The van der Waals surface area contributed by atoms with Gasteiger partial charge in [-0.1, -0.05) is 13.8 Å². The summed E-state index contributed by atoms with van der Waals surface area (Å²) in [5.41, 5.74) is 6.21. The minimum atomic E-state index is 0.231. The van der Waals surface area contributed by atoms with Crippen molar-refractivity contribution < 1.29 is 0 Å². The highest BCUT2D eigenvalue weighted by atomic mass is 15.4. The Labute approximate surface area is 124 Å². The van der Waals surface area contributed by atoms with Crippen molar-refractivity contribution in [1.29, 1.82) is 0 Å². The van der Waals surface area contributed by atoms with Crippen molar-refractivity contribution >= 4 is 11.9 Å². The quantitative estimate of drug-likeness (QED) is 0.904. The first-order valence-electron chi connectivity index (χ1n) is 7.30. The zero-order chi connectivity index (χ0) is 14.9. The Kier molecular flexibility index (Phi) is 3.48. The van der Waals surface area contributed by atoms with Crippen LogP contribution in [-0.2, 0) is 0 Å². The minimum absolute atomic E-state index is 0.231. The summed E-state index contributed by atoms with van der Waals surface area (Å²) in [7, 11) is 0. The summed E-state index contributed by atoms with van der Waals surface area (Å²) in [6, 6.07) is 1.83. The molecule has 1 aliphatic rings. The van der Waals surface area contributed by atoms with Gasteiger partial charge in [-0.15, -0.1) is 0 Å². The third-order valence-electron chi connectivity index (χ3n) is 3.96. The number of hydrogen-bond donors (Lipinski definition) is 1. The van der Waals surface area contributed by atoms with Gasteiger partial charge in [0.1, 0.15) is 0 Å².